The lowest BCUT2D eigenvalue weighted by Gasteiger charge is -2.34. The predicted molar refractivity (Wildman–Crippen MR) is 129 cm³/mol. The van der Waals surface area contributed by atoms with Crippen molar-refractivity contribution in [2.45, 2.75) is 6.92 Å². The molecule has 3 heterocycles. The zero-order valence-corrected chi connectivity index (χ0v) is 18.5. The maximum Gasteiger partial charge on any atom is 0.274 e. The molecule has 7 heteroatoms. The maximum atomic E-state index is 13.3. The monoisotopic (exact) mass is 428 g/mol. The van der Waals surface area contributed by atoms with Crippen molar-refractivity contribution < 1.29 is 4.79 Å². The van der Waals surface area contributed by atoms with Crippen molar-refractivity contribution >= 4 is 23.1 Å². The number of aliphatic imine (C=N–C) groups is 1. The van der Waals surface area contributed by atoms with Gasteiger partial charge in [-0.1, -0.05) is 24.3 Å². The summed E-state index contributed by atoms with van der Waals surface area (Å²) < 4.78 is 0. The maximum absolute atomic E-state index is 13.3. The molecule has 0 radical (unpaired) electrons. The highest BCUT2D eigenvalue weighted by Crippen LogP contribution is 2.25. The van der Waals surface area contributed by atoms with Gasteiger partial charge in [0.2, 0.25) is 0 Å². The molecule has 7 nitrogen and oxygen atoms in total. The van der Waals surface area contributed by atoms with Crippen LogP contribution in [0, 0.1) is 0 Å². The molecule has 32 heavy (non-hydrogen) atoms. The average Bonchev–Trinajstić information content (AvgIpc) is 2.84. The van der Waals surface area contributed by atoms with E-state index in [2.05, 4.69) is 37.1 Å². The summed E-state index contributed by atoms with van der Waals surface area (Å²) in [6.07, 6.45) is 5.33. The van der Waals surface area contributed by atoms with E-state index in [0.717, 1.165) is 48.7 Å². The van der Waals surface area contributed by atoms with Crippen LogP contribution in [0.25, 0.3) is 11.1 Å². The number of hydrogen-bond donors (Lipinski definition) is 1. The van der Waals surface area contributed by atoms with Gasteiger partial charge in [0.05, 0.1) is 5.69 Å². The van der Waals surface area contributed by atoms with E-state index in [4.69, 9.17) is 0 Å². The summed E-state index contributed by atoms with van der Waals surface area (Å²) in [5.74, 6) is 0.562. The van der Waals surface area contributed by atoms with E-state index in [0.29, 0.717) is 17.9 Å². The normalized spacial score (nSPS) is 14.9. The van der Waals surface area contributed by atoms with Gasteiger partial charge in [0.15, 0.2) is 5.82 Å². The van der Waals surface area contributed by atoms with Crippen molar-refractivity contribution in [1.29, 1.82) is 0 Å². The molecule has 0 atom stereocenters. The van der Waals surface area contributed by atoms with Gasteiger partial charge in [0.25, 0.3) is 5.91 Å². The number of pyridine rings is 2. The third kappa shape index (κ3) is 5.00. The number of likely N-dealkylation sites (N-methyl/N-ethyl adjacent to an activating group) is 1. The molecule has 4 rings (SSSR count). The number of nitrogens with zero attached hydrogens (tertiary/aromatic N) is 5. The zero-order chi connectivity index (χ0) is 22.3. The Morgan fingerprint density at radius 1 is 1.03 bits per heavy atom. The average molecular weight is 429 g/mol. The lowest BCUT2D eigenvalue weighted by atomic mass is 10.0. The van der Waals surface area contributed by atoms with Crippen LogP contribution in [0.2, 0.25) is 0 Å². The van der Waals surface area contributed by atoms with Crippen LogP contribution >= 0.6 is 0 Å². The highest BCUT2D eigenvalue weighted by Gasteiger charge is 2.21. The molecule has 1 aliphatic heterocycles. The van der Waals surface area contributed by atoms with E-state index in [1.165, 1.54) is 0 Å². The molecule has 164 valence electrons. The molecule has 1 saturated heterocycles. The Bertz CT molecular complexity index is 1090. The largest absolute Gasteiger partial charge is 0.352 e. The summed E-state index contributed by atoms with van der Waals surface area (Å²) in [5, 5.41) is 3.06. The Labute approximate surface area is 188 Å². The quantitative estimate of drug-likeness (QED) is 0.610. The topological polar surface area (TPSA) is 73.7 Å². The fourth-order valence-electron chi connectivity index (χ4n) is 3.78. The number of rotatable bonds is 6. The van der Waals surface area contributed by atoms with E-state index in [9.17, 15) is 4.79 Å². The number of benzene rings is 1. The third-order valence-electron chi connectivity index (χ3n) is 5.50. The molecule has 1 amide bonds. The molecule has 1 N–H and O–H groups in total. The number of carbonyl (C=O) groups is 1. The van der Waals surface area contributed by atoms with E-state index in [-0.39, 0.29) is 5.91 Å². The first-order valence-corrected chi connectivity index (χ1v) is 10.9. The third-order valence-corrected chi connectivity index (χ3v) is 5.50. The molecular weight excluding hydrogens is 400 g/mol. The van der Waals surface area contributed by atoms with Crippen LogP contribution in [0.5, 0.6) is 0 Å². The summed E-state index contributed by atoms with van der Waals surface area (Å²) in [5.41, 5.74) is 3.87. The molecule has 3 aromatic rings. The summed E-state index contributed by atoms with van der Waals surface area (Å²) in [4.78, 5) is 31.1. The number of aromatic nitrogens is 2. The number of anilines is 2. The van der Waals surface area contributed by atoms with E-state index in [1.54, 1.807) is 12.4 Å². The Hall–Kier alpha value is -3.58. The van der Waals surface area contributed by atoms with Crippen LogP contribution in [0.3, 0.4) is 0 Å². The highest BCUT2D eigenvalue weighted by molar-refractivity contribution is 6.49. The lowest BCUT2D eigenvalue weighted by Crippen LogP contribution is -2.45. The Morgan fingerprint density at radius 3 is 2.56 bits per heavy atom. The number of hydrogen-bond acceptors (Lipinski definition) is 6. The van der Waals surface area contributed by atoms with E-state index < -0.39 is 0 Å². The van der Waals surface area contributed by atoms with Crippen LogP contribution in [0.15, 0.2) is 72.1 Å². The van der Waals surface area contributed by atoms with Crippen LogP contribution in [0.1, 0.15) is 12.5 Å². The first-order chi connectivity index (χ1) is 15.7. The Balaban J connectivity index is 1.59. The number of carbonyl (C=O) groups excluding carboxylic acids is 1. The summed E-state index contributed by atoms with van der Waals surface area (Å²) in [6, 6.07) is 15.5. The SMILES string of the molecule is CCN=C(C(=O)Nc1cccnc1N1CCN(C)CC1)c1cccc(-c2cccnc2)c1. The van der Waals surface area contributed by atoms with E-state index in [1.807, 2.05) is 61.7 Å². The van der Waals surface area contributed by atoms with Gasteiger partial charge in [0.1, 0.15) is 5.71 Å². The molecule has 0 saturated carbocycles. The lowest BCUT2D eigenvalue weighted by molar-refractivity contribution is -0.110. The highest BCUT2D eigenvalue weighted by atomic mass is 16.1. The van der Waals surface area contributed by atoms with Gasteiger partial charge in [-0.25, -0.2) is 4.98 Å². The summed E-state index contributed by atoms with van der Waals surface area (Å²) in [7, 11) is 2.12. The second-order valence-corrected chi connectivity index (χ2v) is 7.76. The minimum atomic E-state index is -0.237. The number of amides is 1. The van der Waals surface area contributed by atoms with Crippen LogP contribution < -0.4 is 10.2 Å². The molecule has 0 bridgehead atoms. The molecule has 0 aliphatic carbocycles. The molecular formula is C25H28N6O. The van der Waals surface area contributed by atoms with Gasteiger partial charge < -0.3 is 15.1 Å². The second-order valence-electron chi connectivity index (χ2n) is 7.76. The second kappa shape index (κ2) is 10.2. The predicted octanol–water partition coefficient (Wildman–Crippen LogP) is 3.34. The number of piperazine rings is 1. The van der Waals surface area contributed by atoms with Crippen LogP contribution in [-0.2, 0) is 4.79 Å². The first-order valence-electron chi connectivity index (χ1n) is 10.9. The Morgan fingerprint density at radius 2 is 1.81 bits per heavy atom. The van der Waals surface area contributed by atoms with Crippen molar-refractivity contribution in [2.24, 2.45) is 4.99 Å². The smallest absolute Gasteiger partial charge is 0.274 e. The molecule has 1 fully saturated rings. The van der Waals surface area contributed by atoms with Crippen LogP contribution in [0.4, 0.5) is 11.5 Å². The van der Waals surface area contributed by atoms with Crippen molar-refractivity contribution in [3.63, 3.8) is 0 Å². The summed E-state index contributed by atoms with van der Waals surface area (Å²) >= 11 is 0. The minimum absolute atomic E-state index is 0.237. The standard InChI is InChI=1S/C25H28N6O/c1-3-27-23(20-8-4-7-19(17-20)21-9-5-11-26-18-21)25(32)29-22-10-6-12-28-24(22)31-15-13-30(2)14-16-31/h4-12,17-18H,3,13-16H2,1-2H3,(H,29,32). The fourth-order valence-corrected chi connectivity index (χ4v) is 3.78. The van der Waals surface area contributed by atoms with Gasteiger partial charge in [-0.05, 0) is 43.8 Å². The molecule has 1 aliphatic rings. The molecule has 1 aromatic carbocycles. The van der Waals surface area contributed by atoms with Crippen molar-refractivity contribution in [1.82, 2.24) is 14.9 Å². The zero-order valence-electron chi connectivity index (χ0n) is 18.5. The first kappa shape index (κ1) is 21.6. The molecule has 0 unspecified atom stereocenters. The van der Waals surface area contributed by atoms with Crippen molar-refractivity contribution in [3.05, 3.63) is 72.7 Å². The van der Waals surface area contributed by atoms with Gasteiger partial charge >= 0.3 is 0 Å². The van der Waals surface area contributed by atoms with Gasteiger partial charge in [-0.3, -0.25) is 14.8 Å². The van der Waals surface area contributed by atoms with Crippen molar-refractivity contribution in [3.8, 4) is 11.1 Å². The van der Waals surface area contributed by atoms with Gasteiger partial charge in [-0.2, -0.15) is 0 Å². The van der Waals surface area contributed by atoms with E-state index >= 15 is 0 Å². The van der Waals surface area contributed by atoms with Crippen molar-refractivity contribution in [2.75, 3.05) is 50.0 Å². The molecule has 2 aromatic heterocycles. The summed E-state index contributed by atoms with van der Waals surface area (Å²) in [6.45, 7) is 6.12. The minimum Gasteiger partial charge on any atom is -0.352 e. The fraction of sp³-hybridized carbons (Fsp3) is 0.280. The number of nitrogens with one attached hydrogen (secondary N) is 1. The Kier molecular flexibility index (Phi) is 6.87. The molecule has 0 spiro atoms. The van der Waals surface area contributed by atoms with Gasteiger partial charge in [0, 0.05) is 62.4 Å². The van der Waals surface area contributed by atoms with Gasteiger partial charge in [-0.15, -0.1) is 0 Å². The van der Waals surface area contributed by atoms with Crippen LogP contribution in [-0.4, -0.2) is 66.3 Å².